The molecule has 2 atom stereocenters. The molecule has 1 aliphatic rings. The molecule has 33 heavy (non-hydrogen) atoms. The summed E-state index contributed by atoms with van der Waals surface area (Å²) in [5.41, 5.74) is 3.49. The number of fused-ring (bicyclic) bond motifs is 1. The van der Waals surface area contributed by atoms with Crippen molar-refractivity contribution in [2.75, 3.05) is 18.0 Å². The number of pyridine rings is 2. The Morgan fingerprint density at radius 3 is 2.61 bits per heavy atom. The van der Waals surface area contributed by atoms with Crippen molar-refractivity contribution < 1.29 is 4.79 Å². The van der Waals surface area contributed by atoms with Crippen molar-refractivity contribution in [3.8, 4) is 6.07 Å². The predicted octanol–water partition coefficient (Wildman–Crippen LogP) is 2.48. The van der Waals surface area contributed by atoms with Crippen molar-refractivity contribution in [3.05, 3.63) is 52.2 Å². The minimum atomic E-state index is -0.126. The van der Waals surface area contributed by atoms with Gasteiger partial charge in [0.05, 0.1) is 23.5 Å². The zero-order valence-electron chi connectivity index (χ0n) is 19.5. The van der Waals surface area contributed by atoms with Crippen molar-refractivity contribution in [2.45, 2.75) is 52.2 Å². The summed E-state index contributed by atoms with van der Waals surface area (Å²) in [6.07, 6.45) is 5.04. The van der Waals surface area contributed by atoms with Crippen LogP contribution in [-0.2, 0) is 13.6 Å². The van der Waals surface area contributed by atoms with E-state index >= 15 is 0 Å². The highest BCUT2D eigenvalue weighted by molar-refractivity contribution is 5.93. The molecule has 1 fully saturated rings. The van der Waals surface area contributed by atoms with Gasteiger partial charge in [-0.3, -0.25) is 19.3 Å². The smallest absolute Gasteiger partial charge is 0.272 e. The quantitative estimate of drug-likeness (QED) is 0.596. The molecule has 0 unspecified atom stereocenters. The third-order valence-electron chi connectivity index (χ3n) is 6.51. The van der Waals surface area contributed by atoms with E-state index in [1.807, 2.05) is 17.9 Å². The summed E-state index contributed by atoms with van der Waals surface area (Å²) in [7, 11) is 1.71. The average molecular weight is 448 g/mol. The third-order valence-corrected chi connectivity index (χ3v) is 6.51. The summed E-state index contributed by atoms with van der Waals surface area (Å²) in [5, 5.41) is 13.7. The molecule has 0 spiro atoms. The minimum Gasteiger partial charge on any atom is -0.363 e. The van der Waals surface area contributed by atoms with E-state index in [2.05, 4.69) is 34.9 Å². The van der Waals surface area contributed by atoms with Crippen LogP contribution in [0.5, 0.6) is 0 Å². The number of amides is 1. The van der Waals surface area contributed by atoms with E-state index in [4.69, 9.17) is 5.26 Å². The number of carbonyl (C=O) groups excluding carboxylic acids is 1. The average Bonchev–Trinajstić information content (AvgIpc) is 3.25. The van der Waals surface area contributed by atoms with Crippen molar-refractivity contribution in [3.63, 3.8) is 0 Å². The van der Waals surface area contributed by atoms with Gasteiger partial charge in [0.25, 0.3) is 11.5 Å². The monoisotopic (exact) mass is 447 g/mol. The standard InChI is InChI=1S/C24H29N7O2/c1-5-17-14-31(24(33)19-8-7-16(3)12-26-19)18(6-2)13-30(17)20-11-22(32)28(4)21-15-29(10-9-25)27-23(20)21/h7-8,11-12,15,17-18H,5-6,10,13-14H2,1-4H3/t17-,18+/m0/s1. The molecule has 0 saturated carbocycles. The van der Waals surface area contributed by atoms with Crippen LogP contribution in [0.4, 0.5) is 5.69 Å². The van der Waals surface area contributed by atoms with Gasteiger partial charge < -0.3 is 14.4 Å². The highest BCUT2D eigenvalue weighted by Gasteiger charge is 2.37. The first-order valence-electron chi connectivity index (χ1n) is 11.3. The SMILES string of the molecule is CC[C@@H]1CN(c2cc(=O)n(C)c3cn(CC#N)nc23)[C@@H](CC)CN1C(=O)c1ccc(C)cn1. The molecule has 0 aromatic carbocycles. The van der Waals surface area contributed by atoms with Crippen molar-refractivity contribution >= 4 is 22.6 Å². The minimum absolute atomic E-state index is 0.0243. The summed E-state index contributed by atoms with van der Waals surface area (Å²) >= 11 is 0. The first-order chi connectivity index (χ1) is 15.9. The van der Waals surface area contributed by atoms with Gasteiger partial charge in [0.2, 0.25) is 0 Å². The van der Waals surface area contributed by atoms with Gasteiger partial charge in [-0.1, -0.05) is 19.9 Å². The summed E-state index contributed by atoms with van der Waals surface area (Å²) < 4.78 is 3.12. The molecular formula is C24H29N7O2. The molecule has 4 heterocycles. The Labute approximate surface area is 192 Å². The van der Waals surface area contributed by atoms with Gasteiger partial charge in [-0.15, -0.1) is 0 Å². The Morgan fingerprint density at radius 2 is 1.97 bits per heavy atom. The summed E-state index contributed by atoms with van der Waals surface area (Å²) in [6, 6.07) is 7.42. The maximum Gasteiger partial charge on any atom is 0.272 e. The highest BCUT2D eigenvalue weighted by Crippen LogP contribution is 2.31. The zero-order valence-corrected chi connectivity index (χ0v) is 19.5. The fraction of sp³-hybridized carbons (Fsp3) is 0.458. The fourth-order valence-corrected chi connectivity index (χ4v) is 4.55. The van der Waals surface area contributed by atoms with Crippen LogP contribution in [0.2, 0.25) is 0 Å². The highest BCUT2D eigenvalue weighted by atomic mass is 16.2. The Bertz CT molecular complexity index is 1270. The van der Waals surface area contributed by atoms with E-state index in [0.29, 0.717) is 29.8 Å². The lowest BCUT2D eigenvalue weighted by molar-refractivity contribution is 0.0605. The molecule has 1 aliphatic heterocycles. The van der Waals surface area contributed by atoms with Gasteiger partial charge in [-0.2, -0.15) is 10.4 Å². The fourth-order valence-electron chi connectivity index (χ4n) is 4.55. The number of nitrogens with zero attached hydrogens (tertiary/aromatic N) is 7. The lowest BCUT2D eigenvalue weighted by Gasteiger charge is -2.47. The Hall–Kier alpha value is -3.67. The maximum atomic E-state index is 13.3. The number of nitriles is 1. The maximum absolute atomic E-state index is 13.3. The number of aromatic nitrogens is 4. The topological polar surface area (TPSA) is 100 Å². The number of carbonyl (C=O) groups is 1. The van der Waals surface area contributed by atoms with Crippen LogP contribution >= 0.6 is 0 Å². The van der Waals surface area contributed by atoms with Crippen molar-refractivity contribution in [2.24, 2.45) is 7.05 Å². The van der Waals surface area contributed by atoms with Gasteiger partial charge >= 0.3 is 0 Å². The second-order valence-electron chi connectivity index (χ2n) is 8.60. The first kappa shape index (κ1) is 22.5. The van der Waals surface area contributed by atoms with Crippen LogP contribution in [0.15, 0.2) is 35.4 Å². The Balaban J connectivity index is 1.73. The summed E-state index contributed by atoms with van der Waals surface area (Å²) in [5.74, 6) is -0.0626. The van der Waals surface area contributed by atoms with E-state index in [-0.39, 0.29) is 30.1 Å². The molecule has 4 rings (SSSR count). The molecule has 0 aliphatic carbocycles. The molecule has 9 nitrogen and oxygen atoms in total. The molecule has 0 N–H and O–H groups in total. The number of hydrogen-bond acceptors (Lipinski definition) is 6. The number of hydrogen-bond donors (Lipinski definition) is 0. The van der Waals surface area contributed by atoms with Crippen LogP contribution < -0.4 is 10.5 Å². The second kappa shape index (κ2) is 9.06. The normalized spacial score (nSPS) is 18.5. The lowest BCUT2D eigenvalue weighted by Crippen LogP contribution is -2.60. The number of aryl methyl sites for hydroxylation is 2. The number of piperazine rings is 1. The van der Waals surface area contributed by atoms with Crippen LogP contribution in [-0.4, -0.2) is 55.3 Å². The van der Waals surface area contributed by atoms with Crippen molar-refractivity contribution in [1.29, 1.82) is 5.26 Å². The van der Waals surface area contributed by atoms with E-state index in [0.717, 1.165) is 24.1 Å². The molecule has 0 radical (unpaired) electrons. The molecular weight excluding hydrogens is 418 g/mol. The van der Waals surface area contributed by atoms with Crippen LogP contribution in [0.1, 0.15) is 42.7 Å². The van der Waals surface area contributed by atoms with E-state index in [1.165, 1.54) is 0 Å². The zero-order chi connectivity index (χ0) is 23.7. The number of anilines is 1. The van der Waals surface area contributed by atoms with E-state index in [1.54, 1.807) is 40.8 Å². The summed E-state index contributed by atoms with van der Waals surface area (Å²) in [4.78, 5) is 34.6. The molecule has 9 heteroatoms. The molecule has 3 aromatic rings. The van der Waals surface area contributed by atoms with Gasteiger partial charge in [0.15, 0.2) is 0 Å². The largest absolute Gasteiger partial charge is 0.363 e. The van der Waals surface area contributed by atoms with E-state index in [9.17, 15) is 9.59 Å². The molecule has 0 bridgehead atoms. The van der Waals surface area contributed by atoms with Gasteiger partial charge in [0.1, 0.15) is 17.8 Å². The summed E-state index contributed by atoms with van der Waals surface area (Å²) in [6.45, 7) is 7.36. The Kier molecular flexibility index (Phi) is 6.18. The van der Waals surface area contributed by atoms with E-state index < -0.39 is 0 Å². The second-order valence-corrected chi connectivity index (χ2v) is 8.60. The Morgan fingerprint density at radius 1 is 1.21 bits per heavy atom. The molecule has 1 saturated heterocycles. The first-order valence-corrected chi connectivity index (χ1v) is 11.3. The molecule has 172 valence electrons. The van der Waals surface area contributed by atoms with Gasteiger partial charge in [-0.25, -0.2) is 0 Å². The van der Waals surface area contributed by atoms with Crippen molar-refractivity contribution in [1.82, 2.24) is 24.2 Å². The van der Waals surface area contributed by atoms with Crippen LogP contribution in [0.3, 0.4) is 0 Å². The van der Waals surface area contributed by atoms with Gasteiger partial charge in [-0.05, 0) is 31.4 Å². The molecule has 3 aromatic heterocycles. The molecule has 1 amide bonds. The lowest BCUT2D eigenvalue weighted by atomic mass is 10.0. The third kappa shape index (κ3) is 4.09. The van der Waals surface area contributed by atoms with Gasteiger partial charge in [0, 0.05) is 44.5 Å². The predicted molar refractivity (Wildman–Crippen MR) is 126 cm³/mol. The number of rotatable bonds is 5. The van der Waals surface area contributed by atoms with Crippen LogP contribution in [0, 0.1) is 18.3 Å². The van der Waals surface area contributed by atoms with Crippen LogP contribution in [0.25, 0.3) is 11.0 Å².